The predicted molar refractivity (Wildman–Crippen MR) is 104 cm³/mol. The van der Waals surface area contributed by atoms with Crippen molar-refractivity contribution in [1.29, 1.82) is 0 Å². The van der Waals surface area contributed by atoms with Gasteiger partial charge in [-0.25, -0.2) is 9.59 Å². The number of allylic oxidation sites excluding steroid dienone is 1. The van der Waals surface area contributed by atoms with Gasteiger partial charge in [0.15, 0.2) is 11.5 Å². The number of methoxy groups -OCH3 is 2. The third kappa shape index (κ3) is 3.26. The number of aromatic amines is 1. The Hall–Kier alpha value is -3.49. The lowest BCUT2D eigenvalue weighted by Gasteiger charge is -2.30. The van der Waals surface area contributed by atoms with E-state index < -0.39 is 17.6 Å². The number of ether oxygens (including phenoxy) is 3. The molecular weight excluding hydrogens is 364 g/mol. The lowest BCUT2D eigenvalue weighted by Crippen LogP contribution is -2.28. The van der Waals surface area contributed by atoms with Crippen LogP contribution in [0.4, 0.5) is 11.6 Å². The maximum atomic E-state index is 12.6. The van der Waals surface area contributed by atoms with Gasteiger partial charge in [0, 0.05) is 11.3 Å². The van der Waals surface area contributed by atoms with Crippen molar-refractivity contribution in [2.75, 3.05) is 31.9 Å². The van der Waals surface area contributed by atoms with Crippen molar-refractivity contribution in [1.82, 2.24) is 9.97 Å². The number of rotatable bonds is 5. The summed E-state index contributed by atoms with van der Waals surface area (Å²) in [7, 11) is 2.84. The zero-order valence-electron chi connectivity index (χ0n) is 16.1. The monoisotopic (exact) mass is 386 g/mol. The van der Waals surface area contributed by atoms with Gasteiger partial charge in [-0.05, 0) is 31.5 Å². The second-order valence-electron chi connectivity index (χ2n) is 6.15. The number of carbonyl (C=O) groups is 1. The second kappa shape index (κ2) is 7.63. The molecule has 0 fully saturated rings. The Kier molecular flexibility index (Phi) is 5.25. The Morgan fingerprint density at radius 1 is 1.29 bits per heavy atom. The van der Waals surface area contributed by atoms with Crippen molar-refractivity contribution < 1.29 is 19.0 Å². The first-order valence-corrected chi connectivity index (χ1v) is 8.67. The van der Waals surface area contributed by atoms with Crippen LogP contribution in [0.3, 0.4) is 0 Å². The smallest absolute Gasteiger partial charge is 0.348 e. The van der Waals surface area contributed by atoms with E-state index >= 15 is 0 Å². The van der Waals surface area contributed by atoms with E-state index in [0.29, 0.717) is 46.3 Å². The van der Waals surface area contributed by atoms with Crippen molar-refractivity contribution >= 4 is 17.6 Å². The summed E-state index contributed by atoms with van der Waals surface area (Å²) in [6.07, 6.45) is 0. The molecule has 3 rings (SSSR count). The van der Waals surface area contributed by atoms with Crippen LogP contribution in [-0.2, 0) is 9.53 Å². The summed E-state index contributed by atoms with van der Waals surface area (Å²) in [6.45, 7) is 4.07. The van der Waals surface area contributed by atoms with Crippen LogP contribution in [0.5, 0.6) is 11.5 Å². The fraction of sp³-hybridized carbons (Fsp3) is 0.316. The molecule has 4 N–H and O–H groups in total. The zero-order chi connectivity index (χ0) is 20.4. The van der Waals surface area contributed by atoms with Gasteiger partial charge in [0.2, 0.25) is 0 Å². The molecule has 9 nitrogen and oxygen atoms in total. The topological polar surface area (TPSA) is 129 Å². The highest BCUT2D eigenvalue weighted by atomic mass is 16.5. The number of fused-ring (bicyclic) bond motifs is 1. The van der Waals surface area contributed by atoms with E-state index in [0.717, 1.165) is 0 Å². The normalized spacial score (nSPS) is 15.5. The van der Waals surface area contributed by atoms with Crippen LogP contribution in [0.15, 0.2) is 34.3 Å². The Balaban J connectivity index is 2.26. The number of nitrogen functional groups attached to an aromatic ring is 1. The van der Waals surface area contributed by atoms with Crippen molar-refractivity contribution in [2.45, 2.75) is 19.8 Å². The minimum Gasteiger partial charge on any atom is -0.493 e. The van der Waals surface area contributed by atoms with Crippen molar-refractivity contribution in [3.05, 3.63) is 51.1 Å². The summed E-state index contributed by atoms with van der Waals surface area (Å²) in [5, 5.41) is 2.98. The molecule has 1 aromatic heterocycles. The van der Waals surface area contributed by atoms with Gasteiger partial charge in [0.05, 0.1) is 32.3 Å². The number of benzene rings is 1. The first-order chi connectivity index (χ1) is 13.4. The maximum Gasteiger partial charge on any atom is 0.348 e. The Labute approximate surface area is 161 Å². The number of aromatic nitrogens is 2. The van der Waals surface area contributed by atoms with E-state index in [1.807, 2.05) is 13.0 Å². The number of nitrogens with zero attached hydrogens (tertiary/aromatic N) is 1. The Morgan fingerprint density at radius 2 is 2.04 bits per heavy atom. The summed E-state index contributed by atoms with van der Waals surface area (Å²) in [4.78, 5) is 30.8. The van der Waals surface area contributed by atoms with E-state index in [4.69, 9.17) is 19.9 Å². The number of carbonyl (C=O) groups excluding carboxylic acids is 1. The lowest BCUT2D eigenvalue weighted by atomic mass is 9.82. The van der Waals surface area contributed by atoms with Gasteiger partial charge in [-0.1, -0.05) is 6.07 Å². The van der Waals surface area contributed by atoms with E-state index in [2.05, 4.69) is 15.3 Å². The third-order valence-corrected chi connectivity index (χ3v) is 4.51. The van der Waals surface area contributed by atoms with Crippen LogP contribution >= 0.6 is 0 Å². The molecule has 0 aliphatic carbocycles. The first-order valence-electron chi connectivity index (χ1n) is 8.67. The molecule has 0 spiro atoms. The highest BCUT2D eigenvalue weighted by Crippen LogP contribution is 2.44. The Bertz CT molecular complexity index is 1010. The van der Waals surface area contributed by atoms with Gasteiger partial charge < -0.3 is 25.3 Å². The summed E-state index contributed by atoms with van der Waals surface area (Å²) in [6, 6.07) is 5.35. The average Bonchev–Trinajstić information content (AvgIpc) is 2.66. The number of nitrogens with one attached hydrogen (secondary N) is 2. The fourth-order valence-corrected chi connectivity index (χ4v) is 3.35. The lowest BCUT2D eigenvalue weighted by molar-refractivity contribution is -0.136. The quantitative estimate of drug-likeness (QED) is 0.663. The minimum absolute atomic E-state index is 0.120. The predicted octanol–water partition coefficient (Wildman–Crippen LogP) is 1.76. The summed E-state index contributed by atoms with van der Waals surface area (Å²) >= 11 is 0. The van der Waals surface area contributed by atoms with Crippen LogP contribution in [0.1, 0.15) is 30.9 Å². The number of hydrogen-bond acceptors (Lipinski definition) is 8. The zero-order valence-corrected chi connectivity index (χ0v) is 16.1. The van der Waals surface area contributed by atoms with Crippen molar-refractivity contribution in [3.63, 3.8) is 0 Å². The first kappa shape index (κ1) is 19.3. The number of nitrogens with two attached hydrogens (primary N) is 1. The average molecular weight is 386 g/mol. The summed E-state index contributed by atoms with van der Waals surface area (Å²) < 4.78 is 16.0. The van der Waals surface area contributed by atoms with E-state index in [9.17, 15) is 9.59 Å². The molecule has 0 radical (unpaired) electrons. The molecule has 0 amide bonds. The molecule has 1 atom stereocenters. The molecule has 9 heteroatoms. The van der Waals surface area contributed by atoms with Crippen LogP contribution < -0.4 is 26.2 Å². The van der Waals surface area contributed by atoms with Crippen LogP contribution in [-0.4, -0.2) is 36.8 Å². The number of anilines is 2. The highest BCUT2D eigenvalue weighted by Gasteiger charge is 2.36. The van der Waals surface area contributed by atoms with Crippen molar-refractivity contribution in [3.8, 4) is 11.5 Å². The molecule has 1 aliphatic heterocycles. The van der Waals surface area contributed by atoms with Gasteiger partial charge in [0.25, 0.3) is 0 Å². The molecule has 2 aromatic rings. The van der Waals surface area contributed by atoms with Crippen LogP contribution in [0.2, 0.25) is 0 Å². The summed E-state index contributed by atoms with van der Waals surface area (Å²) in [5.41, 5.74) is 7.60. The molecule has 0 bridgehead atoms. The third-order valence-electron chi connectivity index (χ3n) is 4.51. The molecule has 0 saturated heterocycles. The fourth-order valence-electron chi connectivity index (χ4n) is 3.35. The maximum absolute atomic E-state index is 12.6. The highest BCUT2D eigenvalue weighted by molar-refractivity contribution is 5.95. The van der Waals surface area contributed by atoms with Gasteiger partial charge >= 0.3 is 11.7 Å². The van der Waals surface area contributed by atoms with E-state index in [1.54, 1.807) is 19.1 Å². The summed E-state index contributed by atoms with van der Waals surface area (Å²) in [5.74, 6) is 0.378. The molecular formula is C19H22N4O5. The minimum atomic E-state index is -0.613. The molecule has 2 heterocycles. The number of esters is 1. The second-order valence-corrected chi connectivity index (χ2v) is 6.15. The Morgan fingerprint density at radius 3 is 2.68 bits per heavy atom. The molecule has 1 aromatic carbocycles. The van der Waals surface area contributed by atoms with Gasteiger partial charge in [-0.3, -0.25) is 4.98 Å². The van der Waals surface area contributed by atoms with Crippen molar-refractivity contribution in [2.24, 2.45) is 0 Å². The number of hydrogen-bond donors (Lipinski definition) is 3. The van der Waals surface area contributed by atoms with Gasteiger partial charge in [-0.15, -0.1) is 0 Å². The largest absolute Gasteiger partial charge is 0.493 e. The van der Waals surface area contributed by atoms with E-state index in [-0.39, 0.29) is 5.82 Å². The van der Waals surface area contributed by atoms with E-state index in [1.165, 1.54) is 14.2 Å². The molecule has 1 aliphatic rings. The molecule has 1 unspecified atom stereocenters. The molecule has 28 heavy (non-hydrogen) atoms. The standard InChI is InChI=1S/C19H22N4O5/c1-5-28-11-7-6-10(8-12(11)26-3)14-13(18(24)27-4)9(2)21-17-15(14)16(20)22-19(25)23-17/h6-8,14H,5H2,1-4H3,(H4,20,21,22,23,25). The van der Waals surface area contributed by atoms with Crippen LogP contribution in [0, 0.1) is 0 Å². The van der Waals surface area contributed by atoms with Gasteiger partial charge in [0.1, 0.15) is 11.6 Å². The SMILES string of the molecule is CCOc1ccc(C2C(C(=O)OC)=C(C)Nc3nc(=O)[nH]c(N)c32)cc1OC. The van der Waals surface area contributed by atoms with Crippen LogP contribution in [0.25, 0.3) is 0 Å². The number of H-pyrrole nitrogens is 1. The molecule has 0 saturated carbocycles. The molecule has 148 valence electrons. The van der Waals surface area contributed by atoms with Gasteiger partial charge in [-0.2, -0.15) is 4.98 Å².